The highest BCUT2D eigenvalue weighted by Gasteiger charge is 2.19. The first-order valence-electron chi connectivity index (χ1n) is 6.49. The van der Waals surface area contributed by atoms with Crippen LogP contribution in [0.3, 0.4) is 0 Å². The molecule has 2 aromatic heterocycles. The van der Waals surface area contributed by atoms with Crippen LogP contribution >= 0.6 is 0 Å². The lowest BCUT2D eigenvalue weighted by molar-refractivity contribution is 0.0769. The van der Waals surface area contributed by atoms with Crippen molar-refractivity contribution in [3.05, 3.63) is 29.6 Å². The van der Waals surface area contributed by atoms with Crippen molar-refractivity contribution >= 4 is 11.6 Å². The molecule has 0 bridgehead atoms. The van der Waals surface area contributed by atoms with Crippen LogP contribution < -0.4 is 5.73 Å². The van der Waals surface area contributed by atoms with E-state index in [9.17, 15) is 4.79 Å². The fourth-order valence-electron chi connectivity index (χ4n) is 2.04. The molecule has 0 aromatic carbocycles. The van der Waals surface area contributed by atoms with Gasteiger partial charge in [0, 0.05) is 19.3 Å². The standard InChI is InChI=1S/C13H20N6O/c1-8(2)19-6-10(14)5-11(19)13(20)18(4)7-12-15-9(3)16-17-12/h5-6,8H,7,14H2,1-4H3,(H,15,16,17). The number of H-pyrrole nitrogens is 1. The highest BCUT2D eigenvalue weighted by Crippen LogP contribution is 2.18. The van der Waals surface area contributed by atoms with E-state index in [0.717, 1.165) is 5.82 Å². The Morgan fingerprint density at radius 2 is 2.25 bits per heavy atom. The second-order valence-electron chi connectivity index (χ2n) is 5.16. The van der Waals surface area contributed by atoms with Crippen LogP contribution in [0.4, 0.5) is 5.69 Å². The van der Waals surface area contributed by atoms with Gasteiger partial charge in [-0.15, -0.1) is 0 Å². The molecule has 2 rings (SSSR count). The maximum absolute atomic E-state index is 12.5. The van der Waals surface area contributed by atoms with Crippen molar-refractivity contribution in [1.29, 1.82) is 0 Å². The van der Waals surface area contributed by atoms with E-state index >= 15 is 0 Å². The molecule has 0 fully saturated rings. The van der Waals surface area contributed by atoms with Gasteiger partial charge in [0.15, 0.2) is 5.82 Å². The first kappa shape index (κ1) is 14.1. The van der Waals surface area contributed by atoms with Crippen LogP contribution in [0.25, 0.3) is 0 Å². The summed E-state index contributed by atoms with van der Waals surface area (Å²) in [5.41, 5.74) is 6.95. The summed E-state index contributed by atoms with van der Waals surface area (Å²) in [4.78, 5) is 18.3. The summed E-state index contributed by atoms with van der Waals surface area (Å²) in [6, 6.07) is 1.87. The largest absolute Gasteiger partial charge is 0.397 e. The molecule has 0 aliphatic rings. The SMILES string of the molecule is Cc1nc(CN(C)C(=O)c2cc(N)cn2C(C)C)n[nH]1. The monoisotopic (exact) mass is 276 g/mol. The lowest BCUT2D eigenvalue weighted by atomic mass is 10.3. The van der Waals surface area contributed by atoms with E-state index < -0.39 is 0 Å². The molecule has 2 heterocycles. The number of aryl methyl sites for hydroxylation is 1. The van der Waals surface area contributed by atoms with Gasteiger partial charge in [0.05, 0.1) is 12.2 Å². The lowest BCUT2D eigenvalue weighted by Gasteiger charge is -2.18. The van der Waals surface area contributed by atoms with Crippen LogP contribution in [-0.2, 0) is 6.54 Å². The summed E-state index contributed by atoms with van der Waals surface area (Å²) in [6.45, 7) is 6.19. The number of anilines is 1. The summed E-state index contributed by atoms with van der Waals surface area (Å²) in [6.07, 6.45) is 1.78. The second-order valence-corrected chi connectivity index (χ2v) is 5.16. The van der Waals surface area contributed by atoms with Gasteiger partial charge in [-0.25, -0.2) is 4.98 Å². The van der Waals surface area contributed by atoms with Crippen molar-refractivity contribution in [3.8, 4) is 0 Å². The second kappa shape index (κ2) is 5.36. The van der Waals surface area contributed by atoms with Gasteiger partial charge in [0.1, 0.15) is 11.5 Å². The number of nitrogen functional groups attached to an aromatic ring is 1. The van der Waals surface area contributed by atoms with E-state index in [1.54, 1.807) is 24.2 Å². The van der Waals surface area contributed by atoms with Crippen LogP contribution in [-0.4, -0.2) is 37.6 Å². The molecule has 0 atom stereocenters. The third-order valence-electron chi connectivity index (χ3n) is 3.01. The molecule has 20 heavy (non-hydrogen) atoms. The topological polar surface area (TPSA) is 92.8 Å². The van der Waals surface area contributed by atoms with Crippen LogP contribution in [0.2, 0.25) is 0 Å². The summed E-state index contributed by atoms with van der Waals surface area (Å²) >= 11 is 0. The molecule has 1 amide bonds. The lowest BCUT2D eigenvalue weighted by Crippen LogP contribution is -2.29. The van der Waals surface area contributed by atoms with E-state index in [-0.39, 0.29) is 11.9 Å². The highest BCUT2D eigenvalue weighted by molar-refractivity contribution is 5.93. The van der Waals surface area contributed by atoms with Gasteiger partial charge < -0.3 is 15.2 Å². The first-order chi connectivity index (χ1) is 9.38. The Hall–Kier alpha value is -2.31. The number of hydrogen-bond acceptors (Lipinski definition) is 4. The minimum atomic E-state index is -0.0992. The number of nitrogens with one attached hydrogen (secondary N) is 1. The Bertz CT molecular complexity index is 612. The zero-order valence-corrected chi connectivity index (χ0v) is 12.2. The van der Waals surface area contributed by atoms with E-state index in [4.69, 9.17) is 5.73 Å². The molecule has 0 aliphatic carbocycles. The van der Waals surface area contributed by atoms with Crippen molar-refractivity contribution in [3.63, 3.8) is 0 Å². The molecule has 0 saturated carbocycles. The zero-order valence-electron chi connectivity index (χ0n) is 12.2. The number of rotatable bonds is 4. The molecule has 0 radical (unpaired) electrons. The van der Waals surface area contributed by atoms with Gasteiger partial charge in [-0.3, -0.25) is 9.89 Å². The Morgan fingerprint density at radius 1 is 1.55 bits per heavy atom. The maximum atomic E-state index is 12.5. The first-order valence-corrected chi connectivity index (χ1v) is 6.49. The minimum Gasteiger partial charge on any atom is -0.397 e. The molecule has 108 valence electrons. The number of amides is 1. The Labute approximate surface area is 117 Å². The van der Waals surface area contributed by atoms with Gasteiger partial charge in [-0.2, -0.15) is 5.10 Å². The smallest absolute Gasteiger partial charge is 0.270 e. The molecule has 7 heteroatoms. The fourth-order valence-corrected chi connectivity index (χ4v) is 2.04. The van der Waals surface area contributed by atoms with E-state index in [1.165, 1.54) is 0 Å². The highest BCUT2D eigenvalue weighted by atomic mass is 16.2. The van der Waals surface area contributed by atoms with Crippen molar-refractivity contribution in [2.24, 2.45) is 0 Å². The number of aromatic nitrogens is 4. The molecular formula is C13H20N6O. The Balaban J connectivity index is 2.18. The Kier molecular flexibility index (Phi) is 3.78. The quantitative estimate of drug-likeness (QED) is 0.881. The summed E-state index contributed by atoms with van der Waals surface area (Å²) < 4.78 is 1.87. The van der Waals surface area contributed by atoms with E-state index in [2.05, 4.69) is 15.2 Å². The van der Waals surface area contributed by atoms with Gasteiger partial charge >= 0.3 is 0 Å². The molecule has 7 nitrogen and oxygen atoms in total. The average molecular weight is 276 g/mol. The molecule has 0 saturated heterocycles. The maximum Gasteiger partial charge on any atom is 0.270 e. The van der Waals surface area contributed by atoms with Crippen LogP contribution in [0, 0.1) is 6.92 Å². The van der Waals surface area contributed by atoms with Gasteiger partial charge in [-0.1, -0.05) is 0 Å². The van der Waals surface area contributed by atoms with Crippen LogP contribution in [0.1, 0.15) is 42.0 Å². The van der Waals surface area contributed by atoms with Crippen LogP contribution in [0.15, 0.2) is 12.3 Å². The molecule has 0 aliphatic heterocycles. The van der Waals surface area contributed by atoms with Crippen molar-refractivity contribution in [2.45, 2.75) is 33.4 Å². The van der Waals surface area contributed by atoms with Crippen LogP contribution in [0.5, 0.6) is 0 Å². The average Bonchev–Trinajstić information content (AvgIpc) is 2.94. The Morgan fingerprint density at radius 3 is 2.80 bits per heavy atom. The van der Waals surface area contributed by atoms with Crippen molar-refractivity contribution in [2.75, 3.05) is 12.8 Å². The molecule has 2 aromatic rings. The normalized spacial score (nSPS) is 11.1. The summed E-state index contributed by atoms with van der Waals surface area (Å²) in [7, 11) is 1.72. The molecule has 0 unspecified atom stereocenters. The van der Waals surface area contributed by atoms with Gasteiger partial charge in [0.25, 0.3) is 5.91 Å². The number of hydrogen-bond donors (Lipinski definition) is 2. The third-order valence-corrected chi connectivity index (χ3v) is 3.01. The number of carbonyl (C=O) groups excluding carboxylic acids is 1. The van der Waals surface area contributed by atoms with E-state index in [1.807, 2.05) is 25.3 Å². The minimum absolute atomic E-state index is 0.0992. The van der Waals surface area contributed by atoms with Gasteiger partial charge in [-0.05, 0) is 26.8 Å². The van der Waals surface area contributed by atoms with E-state index in [0.29, 0.717) is 23.8 Å². The number of nitrogens with two attached hydrogens (primary N) is 1. The zero-order chi connectivity index (χ0) is 14.9. The predicted molar refractivity (Wildman–Crippen MR) is 76.1 cm³/mol. The summed E-state index contributed by atoms with van der Waals surface area (Å²) in [5, 5.41) is 6.80. The van der Waals surface area contributed by atoms with Crippen molar-refractivity contribution in [1.82, 2.24) is 24.6 Å². The fraction of sp³-hybridized carbons (Fsp3) is 0.462. The number of aromatic amines is 1. The molecule has 0 spiro atoms. The predicted octanol–water partition coefficient (Wildman–Crippen LogP) is 1.35. The third kappa shape index (κ3) is 2.81. The number of carbonyl (C=O) groups is 1. The molecule has 3 N–H and O–H groups in total. The van der Waals surface area contributed by atoms with Crippen molar-refractivity contribution < 1.29 is 4.79 Å². The summed E-state index contributed by atoms with van der Waals surface area (Å²) in [5.74, 6) is 1.22. The van der Waals surface area contributed by atoms with Gasteiger partial charge in [0.2, 0.25) is 0 Å². The number of nitrogens with zero attached hydrogens (tertiary/aromatic N) is 4. The molecular weight excluding hydrogens is 256 g/mol.